The molecule has 0 amide bonds. The first-order valence-electron chi connectivity index (χ1n) is 15.9. The number of fused-ring (bicyclic) bond motifs is 1. The Morgan fingerprint density at radius 1 is 0.780 bits per heavy atom. The summed E-state index contributed by atoms with van der Waals surface area (Å²) >= 11 is 19.0. The van der Waals surface area contributed by atoms with Gasteiger partial charge in [-0.15, -0.1) is 0 Å². The summed E-state index contributed by atoms with van der Waals surface area (Å²) in [7, 11) is -3.78. The summed E-state index contributed by atoms with van der Waals surface area (Å²) in [4.78, 5) is 11.5. The number of carbonyl (C=O) groups is 1. The van der Waals surface area contributed by atoms with E-state index in [9.17, 15) is 18.3 Å². The van der Waals surface area contributed by atoms with Crippen molar-refractivity contribution in [2.24, 2.45) is 0 Å². The first-order chi connectivity index (χ1) is 24.1. The zero-order valence-corrected chi connectivity index (χ0v) is 29.8. The zero-order valence-electron chi connectivity index (χ0n) is 26.7. The lowest BCUT2D eigenvalue weighted by atomic mass is 9.97. The van der Waals surface area contributed by atoms with E-state index in [1.54, 1.807) is 30.3 Å². The Bertz CT molecular complexity index is 2200. The minimum absolute atomic E-state index is 0.0176. The second-order valence-electron chi connectivity index (χ2n) is 11.7. The molecule has 1 aromatic heterocycles. The molecular formula is C39H33Cl3N2O5S. The Kier molecular flexibility index (Phi) is 11.2. The van der Waals surface area contributed by atoms with Gasteiger partial charge in [0.2, 0.25) is 10.0 Å². The van der Waals surface area contributed by atoms with Crippen LogP contribution in [0.4, 0.5) is 0 Å². The largest absolute Gasteiger partial charge is 0.493 e. The summed E-state index contributed by atoms with van der Waals surface area (Å²) in [5, 5.41) is 11.7. The van der Waals surface area contributed by atoms with Crippen LogP contribution in [0.15, 0.2) is 121 Å². The van der Waals surface area contributed by atoms with Crippen LogP contribution in [0.2, 0.25) is 15.1 Å². The van der Waals surface area contributed by atoms with Crippen LogP contribution < -0.4 is 9.46 Å². The third kappa shape index (κ3) is 8.34. The van der Waals surface area contributed by atoms with Crippen molar-refractivity contribution in [3.8, 4) is 5.75 Å². The van der Waals surface area contributed by atoms with E-state index < -0.39 is 16.0 Å². The summed E-state index contributed by atoms with van der Waals surface area (Å²) < 4.78 is 38.1. The Hall–Kier alpha value is -4.31. The van der Waals surface area contributed by atoms with E-state index in [0.717, 1.165) is 33.3 Å². The van der Waals surface area contributed by atoms with Gasteiger partial charge >= 0.3 is 5.97 Å². The zero-order chi connectivity index (χ0) is 35.3. The van der Waals surface area contributed by atoms with Crippen molar-refractivity contribution >= 4 is 61.7 Å². The van der Waals surface area contributed by atoms with Crippen molar-refractivity contribution in [1.29, 1.82) is 0 Å². The van der Waals surface area contributed by atoms with E-state index in [-0.39, 0.29) is 36.9 Å². The first kappa shape index (κ1) is 35.5. The third-order valence-electron chi connectivity index (χ3n) is 8.48. The predicted molar refractivity (Wildman–Crippen MR) is 200 cm³/mol. The molecule has 0 saturated carbocycles. The maximum Gasteiger partial charge on any atom is 0.335 e. The van der Waals surface area contributed by atoms with E-state index in [0.29, 0.717) is 32.8 Å². The summed E-state index contributed by atoms with van der Waals surface area (Å²) in [5.41, 5.74) is 5.39. The molecule has 256 valence electrons. The number of nitrogens with zero attached hydrogens (tertiary/aromatic N) is 1. The van der Waals surface area contributed by atoms with Gasteiger partial charge in [0.15, 0.2) is 0 Å². The number of halogens is 3. The molecule has 2 N–H and O–H groups in total. The molecule has 0 aliphatic rings. The second kappa shape index (κ2) is 15.7. The van der Waals surface area contributed by atoms with Crippen LogP contribution in [-0.2, 0) is 29.4 Å². The van der Waals surface area contributed by atoms with Crippen LogP contribution in [0.25, 0.3) is 10.9 Å². The number of benzene rings is 5. The molecule has 6 rings (SSSR count). The second-order valence-corrected chi connectivity index (χ2v) is 14.9. The fraction of sp³-hybridized carbons (Fsp3) is 0.154. The van der Waals surface area contributed by atoms with Crippen LogP contribution >= 0.6 is 34.8 Å². The van der Waals surface area contributed by atoms with Gasteiger partial charge in [-0.05, 0) is 70.8 Å². The molecule has 0 aliphatic carbocycles. The Morgan fingerprint density at radius 2 is 1.44 bits per heavy atom. The van der Waals surface area contributed by atoms with Crippen molar-refractivity contribution in [2.45, 2.75) is 25.4 Å². The van der Waals surface area contributed by atoms with Crippen molar-refractivity contribution in [3.63, 3.8) is 0 Å². The molecule has 1 heterocycles. The predicted octanol–water partition coefficient (Wildman–Crippen LogP) is 9.22. The number of rotatable bonds is 14. The monoisotopic (exact) mass is 746 g/mol. The van der Waals surface area contributed by atoms with Gasteiger partial charge in [-0.1, -0.05) is 108 Å². The van der Waals surface area contributed by atoms with E-state index in [1.165, 1.54) is 12.1 Å². The van der Waals surface area contributed by atoms with E-state index >= 15 is 0 Å². The minimum Gasteiger partial charge on any atom is -0.493 e. The molecule has 0 spiro atoms. The van der Waals surface area contributed by atoms with Crippen LogP contribution in [0.3, 0.4) is 0 Å². The number of aromatic nitrogens is 1. The van der Waals surface area contributed by atoms with Crippen molar-refractivity contribution < 1.29 is 23.1 Å². The fourth-order valence-electron chi connectivity index (χ4n) is 6.16. The Balaban J connectivity index is 1.42. The molecule has 7 nitrogen and oxygen atoms in total. The van der Waals surface area contributed by atoms with Gasteiger partial charge in [0.1, 0.15) is 5.75 Å². The highest BCUT2D eigenvalue weighted by atomic mass is 35.5. The summed E-state index contributed by atoms with van der Waals surface area (Å²) in [6.07, 6.45) is 0.580. The summed E-state index contributed by atoms with van der Waals surface area (Å²) in [6, 6.07) is 36.8. The highest BCUT2D eigenvalue weighted by molar-refractivity contribution is 7.89. The summed E-state index contributed by atoms with van der Waals surface area (Å²) in [6.45, 7) is 0.229. The maximum absolute atomic E-state index is 13.6. The van der Waals surface area contributed by atoms with Gasteiger partial charge < -0.3 is 14.4 Å². The third-order valence-corrected chi connectivity index (χ3v) is 10.6. The van der Waals surface area contributed by atoms with Gasteiger partial charge in [-0.3, -0.25) is 0 Å². The molecule has 0 unspecified atom stereocenters. The molecule has 0 radical (unpaired) electrons. The minimum atomic E-state index is -3.78. The SMILES string of the molecule is O=C(O)c1cccc(OCCc2c(CCS(=O)(=O)NCc3ccc(Cl)cc3Cl)n(C(c3ccccc3)c3ccccc3)c3ccc(Cl)cc23)c1. The Morgan fingerprint density at radius 3 is 2.10 bits per heavy atom. The molecule has 0 bridgehead atoms. The molecular weight excluding hydrogens is 715 g/mol. The number of carboxylic acids is 1. The van der Waals surface area contributed by atoms with Crippen LogP contribution in [0, 0.1) is 0 Å². The van der Waals surface area contributed by atoms with Gasteiger partial charge in [0.05, 0.1) is 24.0 Å². The average Bonchev–Trinajstić information content (AvgIpc) is 3.40. The molecule has 0 aliphatic heterocycles. The van der Waals surface area contributed by atoms with Crippen LogP contribution in [0.5, 0.6) is 5.75 Å². The van der Waals surface area contributed by atoms with Gasteiger partial charge in [0, 0.05) is 51.1 Å². The van der Waals surface area contributed by atoms with Gasteiger partial charge in [-0.25, -0.2) is 17.9 Å². The number of aromatic carboxylic acids is 1. The van der Waals surface area contributed by atoms with Gasteiger partial charge in [-0.2, -0.15) is 0 Å². The van der Waals surface area contributed by atoms with E-state index in [4.69, 9.17) is 39.5 Å². The lowest BCUT2D eigenvalue weighted by Crippen LogP contribution is -2.28. The van der Waals surface area contributed by atoms with E-state index in [1.807, 2.05) is 54.6 Å². The van der Waals surface area contributed by atoms with Gasteiger partial charge in [0.25, 0.3) is 0 Å². The number of hydrogen-bond donors (Lipinski definition) is 2. The molecule has 5 aromatic carbocycles. The normalized spacial score (nSPS) is 11.7. The first-order valence-corrected chi connectivity index (χ1v) is 18.7. The smallest absolute Gasteiger partial charge is 0.335 e. The summed E-state index contributed by atoms with van der Waals surface area (Å²) in [5.74, 6) is -0.823. The molecule has 6 aromatic rings. The van der Waals surface area contributed by atoms with Crippen LogP contribution in [0.1, 0.15) is 44.3 Å². The molecule has 0 saturated heterocycles. The number of nitrogens with one attached hydrogen (secondary N) is 1. The Labute approximate surface area is 306 Å². The topological polar surface area (TPSA) is 97.6 Å². The maximum atomic E-state index is 13.6. The number of ether oxygens (including phenoxy) is 1. The molecule has 0 fully saturated rings. The number of carboxylic acid groups (broad SMARTS) is 1. The number of hydrogen-bond acceptors (Lipinski definition) is 4. The lowest BCUT2D eigenvalue weighted by Gasteiger charge is -2.25. The van der Waals surface area contributed by atoms with Crippen molar-refractivity contribution in [1.82, 2.24) is 9.29 Å². The van der Waals surface area contributed by atoms with E-state index in [2.05, 4.69) is 33.6 Å². The highest BCUT2D eigenvalue weighted by Crippen LogP contribution is 2.38. The van der Waals surface area contributed by atoms with Crippen molar-refractivity contribution in [2.75, 3.05) is 12.4 Å². The van der Waals surface area contributed by atoms with Crippen LogP contribution in [-0.4, -0.2) is 36.4 Å². The molecule has 0 atom stereocenters. The fourth-order valence-corrected chi connectivity index (χ4v) is 7.79. The standard InChI is InChI=1S/C39H33Cl3N2O5S/c40-30-16-17-36-34(23-30)33(18-20-49-32-13-7-12-28(22-32)39(45)46)37(19-21-50(47,48)43-25-29-14-15-31(41)24-35(29)42)44(36)38(26-8-3-1-4-9-26)27-10-5-2-6-11-27/h1-17,22-24,38,43H,18-21,25H2,(H,45,46). The molecule has 50 heavy (non-hydrogen) atoms. The van der Waals surface area contributed by atoms with Crippen molar-refractivity contribution in [3.05, 3.63) is 170 Å². The molecule has 11 heteroatoms. The quantitative estimate of drug-likeness (QED) is 0.116. The lowest BCUT2D eigenvalue weighted by molar-refractivity contribution is 0.0696. The highest BCUT2D eigenvalue weighted by Gasteiger charge is 2.27. The number of sulfonamides is 1. The average molecular weight is 748 g/mol.